The third-order valence-corrected chi connectivity index (χ3v) is 9.16. The number of hydrogen-bond acceptors (Lipinski definition) is 8. The Labute approximate surface area is 291 Å². The van der Waals surface area contributed by atoms with E-state index in [2.05, 4.69) is 54.6 Å². The number of nitrogens with zero attached hydrogens (tertiary/aromatic N) is 2. The number of aryl methyl sites for hydroxylation is 2. The van der Waals surface area contributed by atoms with Crippen molar-refractivity contribution in [3.63, 3.8) is 0 Å². The van der Waals surface area contributed by atoms with Crippen LogP contribution in [0.5, 0.6) is 0 Å². The Morgan fingerprint density at radius 2 is 1.38 bits per heavy atom. The number of carbonyl (C=O) groups excluding carboxylic acids is 2. The summed E-state index contributed by atoms with van der Waals surface area (Å²) in [5.41, 5.74) is 4.83. The Morgan fingerprint density at radius 1 is 0.800 bits per heavy atom. The lowest BCUT2D eigenvalue weighted by molar-refractivity contribution is -0.147. The molecule has 6 aromatic carbocycles. The second-order valence-electron chi connectivity index (χ2n) is 12.8. The number of methoxy groups -OCH3 is 1. The average Bonchev–Trinajstić information content (AvgIpc) is 3.99. The molecule has 0 amide bonds. The van der Waals surface area contributed by atoms with E-state index in [1.807, 2.05) is 66.7 Å². The molecule has 2 atom stereocenters. The largest absolute Gasteiger partial charge is 0.463 e. The van der Waals surface area contributed by atoms with Gasteiger partial charge in [0.2, 0.25) is 0 Å². The Balaban J connectivity index is 1.14. The Bertz CT molecular complexity index is 2120. The van der Waals surface area contributed by atoms with Crippen LogP contribution in [-0.4, -0.2) is 57.3 Å². The lowest BCUT2D eigenvalue weighted by atomic mass is 9.92. The van der Waals surface area contributed by atoms with E-state index in [1.165, 1.54) is 26.9 Å². The third kappa shape index (κ3) is 7.77. The van der Waals surface area contributed by atoms with Crippen molar-refractivity contribution in [3.8, 4) is 0 Å². The van der Waals surface area contributed by atoms with Gasteiger partial charge in [-0.2, -0.15) is 5.10 Å². The lowest BCUT2D eigenvalue weighted by Crippen LogP contribution is -2.17. The fraction of sp³-hybridized carbons (Fsp3) is 0.262. The van der Waals surface area contributed by atoms with E-state index in [9.17, 15) is 9.59 Å². The van der Waals surface area contributed by atoms with Gasteiger partial charge in [-0.3, -0.25) is 9.59 Å². The number of carbonyl (C=O) groups is 2. The standard InChI is InChI=1S/C42H40N2O6/c1-28(47-2)25-49-39(45)21-13-29-9-17-35(18-10-29)44(36-19-11-30(12-20-36)14-22-40(46)50-27-37-26-48-37)43-24-34-23-33-7-3-5-31-15-16-32-6-4-8-38(34)42(32)41(31)33/h3-12,15-20,23-24,28,37H,13-14,21-22,25-27H2,1-2H3. The summed E-state index contributed by atoms with van der Waals surface area (Å²) in [6.45, 7) is 3.09. The van der Waals surface area contributed by atoms with Crippen LogP contribution in [0, 0.1) is 0 Å². The zero-order valence-electron chi connectivity index (χ0n) is 28.3. The van der Waals surface area contributed by atoms with Crippen LogP contribution in [0.25, 0.3) is 32.3 Å². The van der Waals surface area contributed by atoms with Crippen LogP contribution in [0.1, 0.15) is 36.5 Å². The molecule has 0 aromatic heterocycles. The summed E-state index contributed by atoms with van der Waals surface area (Å²) < 4.78 is 20.9. The molecule has 0 saturated carbocycles. The smallest absolute Gasteiger partial charge is 0.306 e. The SMILES string of the molecule is COC(C)COC(=O)CCc1ccc(N(N=Cc2cc3cccc4ccc5cccc2c5c43)c2ccc(CCC(=O)OCC3CO3)cc2)cc1. The van der Waals surface area contributed by atoms with E-state index in [4.69, 9.17) is 24.0 Å². The molecule has 1 aliphatic rings. The molecule has 0 N–H and O–H groups in total. The highest BCUT2D eigenvalue weighted by Gasteiger charge is 2.24. The molecule has 0 bridgehead atoms. The van der Waals surface area contributed by atoms with Crippen molar-refractivity contribution in [1.82, 2.24) is 0 Å². The molecule has 6 aromatic rings. The molecule has 1 aliphatic heterocycles. The van der Waals surface area contributed by atoms with Gasteiger partial charge in [-0.15, -0.1) is 0 Å². The van der Waals surface area contributed by atoms with Crippen LogP contribution >= 0.6 is 0 Å². The van der Waals surface area contributed by atoms with Crippen LogP contribution in [0.4, 0.5) is 11.4 Å². The summed E-state index contributed by atoms with van der Waals surface area (Å²) in [5.74, 6) is -0.468. The number of hydrazone groups is 1. The number of rotatable bonds is 15. The minimum atomic E-state index is -0.248. The van der Waals surface area contributed by atoms with Gasteiger partial charge in [0, 0.05) is 25.5 Å². The maximum absolute atomic E-state index is 12.3. The summed E-state index contributed by atoms with van der Waals surface area (Å²) in [6.07, 6.45) is 3.60. The molecular weight excluding hydrogens is 628 g/mol. The number of benzene rings is 6. The van der Waals surface area contributed by atoms with Crippen LogP contribution in [0.3, 0.4) is 0 Å². The van der Waals surface area contributed by atoms with Gasteiger partial charge in [0.1, 0.15) is 19.3 Å². The Hall–Kier alpha value is -5.31. The summed E-state index contributed by atoms with van der Waals surface area (Å²) in [4.78, 5) is 24.5. The van der Waals surface area contributed by atoms with Gasteiger partial charge in [0.05, 0.1) is 30.3 Å². The zero-order valence-corrected chi connectivity index (χ0v) is 28.3. The van der Waals surface area contributed by atoms with Gasteiger partial charge >= 0.3 is 11.9 Å². The highest BCUT2D eigenvalue weighted by atomic mass is 16.6. The van der Waals surface area contributed by atoms with Crippen molar-refractivity contribution < 1.29 is 28.5 Å². The second-order valence-corrected chi connectivity index (χ2v) is 12.8. The maximum Gasteiger partial charge on any atom is 0.306 e. The number of anilines is 2. The van der Waals surface area contributed by atoms with Gasteiger partial charge in [-0.25, -0.2) is 5.01 Å². The van der Waals surface area contributed by atoms with E-state index in [-0.39, 0.29) is 37.2 Å². The molecule has 254 valence electrons. The van der Waals surface area contributed by atoms with Gasteiger partial charge < -0.3 is 18.9 Å². The van der Waals surface area contributed by atoms with Crippen molar-refractivity contribution >= 4 is 61.8 Å². The molecule has 7 rings (SSSR count). The highest BCUT2D eigenvalue weighted by Crippen LogP contribution is 2.36. The van der Waals surface area contributed by atoms with Crippen LogP contribution in [0.15, 0.2) is 108 Å². The number of hydrogen-bond donors (Lipinski definition) is 0. The zero-order chi connectivity index (χ0) is 34.5. The molecule has 2 unspecified atom stereocenters. The highest BCUT2D eigenvalue weighted by molar-refractivity contribution is 6.26. The van der Waals surface area contributed by atoms with E-state index < -0.39 is 0 Å². The number of epoxide rings is 1. The van der Waals surface area contributed by atoms with E-state index in [1.54, 1.807) is 7.11 Å². The van der Waals surface area contributed by atoms with Crippen molar-refractivity contribution in [3.05, 3.63) is 120 Å². The molecule has 8 heteroatoms. The lowest BCUT2D eigenvalue weighted by Gasteiger charge is -2.20. The molecule has 1 heterocycles. The van der Waals surface area contributed by atoms with Gasteiger partial charge in [-0.1, -0.05) is 72.8 Å². The van der Waals surface area contributed by atoms with Crippen molar-refractivity contribution in [2.24, 2.45) is 5.10 Å². The quantitative estimate of drug-likeness (QED) is 0.0359. The molecule has 1 fully saturated rings. The maximum atomic E-state index is 12.3. The van der Waals surface area contributed by atoms with E-state index >= 15 is 0 Å². The summed E-state index contributed by atoms with van der Waals surface area (Å²) >= 11 is 0. The van der Waals surface area contributed by atoms with Gasteiger partial charge in [-0.05, 0) is 93.5 Å². The van der Waals surface area contributed by atoms with Gasteiger partial charge in [0.25, 0.3) is 0 Å². The van der Waals surface area contributed by atoms with Crippen molar-refractivity contribution in [2.75, 3.05) is 31.9 Å². The number of esters is 2. The Morgan fingerprint density at radius 3 is 2.00 bits per heavy atom. The first kappa shape index (κ1) is 33.2. The molecule has 8 nitrogen and oxygen atoms in total. The fourth-order valence-corrected chi connectivity index (χ4v) is 6.17. The first-order valence-electron chi connectivity index (χ1n) is 17.1. The van der Waals surface area contributed by atoms with Crippen LogP contribution in [-0.2, 0) is 41.4 Å². The first-order valence-corrected chi connectivity index (χ1v) is 17.1. The average molecular weight is 669 g/mol. The minimum Gasteiger partial charge on any atom is -0.463 e. The normalized spacial score (nSPS) is 14.8. The summed E-state index contributed by atoms with van der Waals surface area (Å²) in [7, 11) is 1.60. The summed E-state index contributed by atoms with van der Waals surface area (Å²) in [5, 5.41) is 14.2. The van der Waals surface area contributed by atoms with Crippen molar-refractivity contribution in [1.29, 1.82) is 0 Å². The van der Waals surface area contributed by atoms with Crippen molar-refractivity contribution in [2.45, 2.75) is 44.8 Å². The third-order valence-electron chi connectivity index (χ3n) is 9.16. The monoisotopic (exact) mass is 668 g/mol. The Kier molecular flexibility index (Phi) is 10.0. The second kappa shape index (κ2) is 15.1. The fourth-order valence-electron chi connectivity index (χ4n) is 6.17. The molecule has 0 aliphatic carbocycles. The molecule has 1 saturated heterocycles. The predicted molar refractivity (Wildman–Crippen MR) is 198 cm³/mol. The predicted octanol–water partition coefficient (Wildman–Crippen LogP) is 8.14. The van der Waals surface area contributed by atoms with Crippen LogP contribution in [0.2, 0.25) is 0 Å². The van der Waals surface area contributed by atoms with Crippen LogP contribution < -0.4 is 5.01 Å². The number of ether oxygens (including phenoxy) is 4. The minimum absolute atomic E-state index is 0.0612. The van der Waals surface area contributed by atoms with Gasteiger partial charge in [0.15, 0.2) is 0 Å². The first-order chi connectivity index (χ1) is 24.4. The van der Waals surface area contributed by atoms with E-state index in [0.29, 0.717) is 32.5 Å². The molecule has 0 radical (unpaired) electrons. The molecule has 0 spiro atoms. The molecular formula is C42H40N2O6. The topological polar surface area (TPSA) is 90.0 Å². The summed E-state index contributed by atoms with van der Waals surface area (Å²) in [6, 6.07) is 35.6. The molecule has 50 heavy (non-hydrogen) atoms. The van der Waals surface area contributed by atoms with E-state index in [0.717, 1.165) is 33.5 Å².